The Balaban J connectivity index is 1.19. The zero-order chi connectivity index (χ0) is 38.2. The van der Waals surface area contributed by atoms with Crippen molar-refractivity contribution in [3.05, 3.63) is 169 Å². The lowest BCUT2D eigenvalue weighted by atomic mass is 10.0. The van der Waals surface area contributed by atoms with E-state index in [2.05, 4.69) is 167 Å². The number of thiophene rings is 2. The Hall–Kier alpha value is -7.48. The Labute approximate surface area is 338 Å². The summed E-state index contributed by atoms with van der Waals surface area (Å²) in [7, 11) is 0. The highest BCUT2D eigenvalue weighted by molar-refractivity contribution is 7.27. The second-order valence-corrected chi connectivity index (χ2v) is 17.1. The van der Waals surface area contributed by atoms with Crippen LogP contribution in [0.25, 0.3) is 117 Å². The zero-order valence-corrected chi connectivity index (χ0v) is 32.2. The minimum Gasteiger partial charge on any atom is -0.306 e. The lowest BCUT2D eigenvalue weighted by Crippen LogP contribution is -2.04. The molecule has 9 aromatic carbocycles. The van der Waals surface area contributed by atoms with E-state index in [-0.39, 0.29) is 0 Å². The molecule has 0 aliphatic heterocycles. The van der Waals surface area contributed by atoms with E-state index in [1.807, 2.05) is 12.1 Å². The van der Waals surface area contributed by atoms with Crippen LogP contribution in [0.15, 0.2) is 158 Å². The lowest BCUT2D eigenvalue weighted by Gasteiger charge is -2.16. The zero-order valence-electron chi connectivity index (χ0n) is 30.6. The van der Waals surface area contributed by atoms with E-state index in [0.717, 1.165) is 74.6 Å². The van der Waals surface area contributed by atoms with E-state index >= 15 is 0 Å². The van der Waals surface area contributed by atoms with Crippen LogP contribution in [0.5, 0.6) is 0 Å². The van der Waals surface area contributed by atoms with E-state index in [1.165, 1.54) is 30.9 Å². The molecule has 0 aliphatic rings. The van der Waals surface area contributed by atoms with Crippen molar-refractivity contribution < 1.29 is 0 Å². The molecule has 0 unspecified atom stereocenters. The average Bonchev–Trinajstić information content (AvgIpc) is 4.03. The van der Waals surface area contributed by atoms with Crippen LogP contribution in [0.1, 0.15) is 11.1 Å². The molecule has 6 heteroatoms. The molecule has 0 atom stereocenters. The van der Waals surface area contributed by atoms with Crippen molar-refractivity contribution in [2.24, 2.45) is 0 Å². The lowest BCUT2D eigenvalue weighted by molar-refractivity contribution is 1.13. The van der Waals surface area contributed by atoms with Crippen molar-refractivity contribution in [3.63, 3.8) is 0 Å². The topological polar surface area (TPSA) is 57.4 Å². The molecule has 0 bridgehead atoms. The SMILES string of the molecule is N#Cc1cc(-n2c3ccc4ccccc4c3c3ccc4c5ccccc5sc4c32)c(C#N)cc1-n1c2ccc3ccccc3c2c2ccc3c4ccccc4sc3c21. The third-order valence-corrected chi connectivity index (χ3v) is 14.5. The Morgan fingerprint density at radius 3 is 1.22 bits per heavy atom. The Morgan fingerprint density at radius 1 is 0.379 bits per heavy atom. The first-order chi connectivity index (χ1) is 28.7. The maximum atomic E-state index is 11.2. The fourth-order valence-electron chi connectivity index (χ4n) is 9.72. The summed E-state index contributed by atoms with van der Waals surface area (Å²) >= 11 is 3.56. The summed E-state index contributed by atoms with van der Waals surface area (Å²) in [5, 5.41) is 36.4. The molecule has 13 rings (SSSR count). The van der Waals surface area contributed by atoms with Gasteiger partial charge in [-0.25, -0.2) is 0 Å². The fourth-order valence-corrected chi connectivity index (χ4v) is 12.2. The summed E-state index contributed by atoms with van der Waals surface area (Å²) in [6.07, 6.45) is 0. The molecule has 0 aliphatic carbocycles. The number of nitriles is 2. The Kier molecular flexibility index (Phi) is 6.30. The summed E-state index contributed by atoms with van der Waals surface area (Å²) in [6.45, 7) is 0. The van der Waals surface area contributed by atoms with Gasteiger partial charge in [-0.15, -0.1) is 22.7 Å². The highest BCUT2D eigenvalue weighted by Crippen LogP contribution is 2.48. The minimum absolute atomic E-state index is 0.498. The predicted molar refractivity (Wildman–Crippen MR) is 245 cm³/mol. The van der Waals surface area contributed by atoms with Crippen LogP contribution < -0.4 is 0 Å². The van der Waals surface area contributed by atoms with E-state index in [1.54, 1.807) is 22.7 Å². The van der Waals surface area contributed by atoms with Gasteiger partial charge in [0.2, 0.25) is 0 Å². The monoisotopic (exact) mass is 770 g/mol. The molecule has 0 spiro atoms. The normalized spacial score (nSPS) is 12.1. The Bertz CT molecular complexity index is 3800. The van der Waals surface area contributed by atoms with Crippen LogP contribution >= 0.6 is 22.7 Å². The standard InChI is InChI=1S/C52H26N4S2/c53-27-31-26-44(56-42-24-18-30-10-2-4-12-34(30)48(42)40-22-20-38-36-14-6-8-16-46(36)58-52(38)50(40)56)32(28-54)25-43(31)55-41-23-17-29-9-1-3-11-33(29)47(41)39-21-19-37-35-13-5-7-15-45(35)57-51(37)49(39)55/h1-26H. The van der Waals surface area contributed by atoms with Crippen LogP contribution in [-0.4, -0.2) is 9.13 Å². The number of benzene rings is 9. The van der Waals surface area contributed by atoms with Gasteiger partial charge in [0.15, 0.2) is 0 Å². The van der Waals surface area contributed by atoms with Gasteiger partial charge in [-0.2, -0.15) is 10.5 Å². The summed E-state index contributed by atoms with van der Waals surface area (Å²) < 4.78 is 9.25. The smallest absolute Gasteiger partial charge is 0.101 e. The number of hydrogen-bond acceptors (Lipinski definition) is 4. The fraction of sp³-hybridized carbons (Fsp3) is 0. The molecule has 266 valence electrons. The molecule has 0 saturated heterocycles. The summed E-state index contributed by atoms with van der Waals surface area (Å²) in [5.74, 6) is 0. The van der Waals surface area contributed by atoms with Crippen molar-refractivity contribution in [1.29, 1.82) is 10.5 Å². The quantitative estimate of drug-likeness (QED) is 0.176. The predicted octanol–water partition coefficient (Wildman–Crippen LogP) is 14.7. The van der Waals surface area contributed by atoms with Crippen molar-refractivity contribution >= 4 is 128 Å². The second kappa shape index (κ2) is 11.5. The summed E-state index contributed by atoms with van der Waals surface area (Å²) in [5.41, 5.74) is 6.49. The molecule has 0 radical (unpaired) electrons. The van der Waals surface area contributed by atoms with Gasteiger partial charge in [0.1, 0.15) is 12.1 Å². The molecule has 13 aromatic rings. The molecule has 0 N–H and O–H groups in total. The van der Waals surface area contributed by atoms with E-state index in [0.29, 0.717) is 22.5 Å². The van der Waals surface area contributed by atoms with E-state index in [4.69, 9.17) is 0 Å². The van der Waals surface area contributed by atoms with Gasteiger partial charge >= 0.3 is 0 Å². The first-order valence-electron chi connectivity index (χ1n) is 19.2. The van der Waals surface area contributed by atoms with Gasteiger partial charge in [-0.05, 0) is 57.9 Å². The summed E-state index contributed by atoms with van der Waals surface area (Å²) in [6, 6.07) is 61.0. The number of nitrogens with zero attached hydrogens (tertiary/aromatic N) is 4. The molecule has 58 heavy (non-hydrogen) atoms. The largest absolute Gasteiger partial charge is 0.306 e. The van der Waals surface area contributed by atoms with Crippen molar-refractivity contribution in [3.8, 4) is 23.5 Å². The maximum absolute atomic E-state index is 11.2. The van der Waals surface area contributed by atoms with Crippen LogP contribution in [0.3, 0.4) is 0 Å². The third kappa shape index (κ3) is 4.05. The molecule has 0 saturated carbocycles. The Morgan fingerprint density at radius 2 is 0.776 bits per heavy atom. The van der Waals surface area contributed by atoms with Crippen molar-refractivity contribution in [1.82, 2.24) is 9.13 Å². The van der Waals surface area contributed by atoms with Gasteiger partial charge in [0, 0.05) is 52.5 Å². The van der Waals surface area contributed by atoms with Crippen LogP contribution in [0, 0.1) is 22.7 Å². The highest BCUT2D eigenvalue weighted by Gasteiger charge is 2.25. The third-order valence-electron chi connectivity index (χ3n) is 12.2. The second-order valence-electron chi connectivity index (χ2n) is 15.0. The molecular weight excluding hydrogens is 745 g/mol. The van der Waals surface area contributed by atoms with Gasteiger partial charge in [0.05, 0.1) is 54.0 Å². The molecule has 0 amide bonds. The minimum atomic E-state index is 0.498. The van der Waals surface area contributed by atoms with E-state index in [9.17, 15) is 10.5 Å². The highest BCUT2D eigenvalue weighted by atomic mass is 32.1. The molecule has 4 heterocycles. The van der Waals surface area contributed by atoms with Gasteiger partial charge in [0.25, 0.3) is 0 Å². The first kappa shape index (κ1) is 31.7. The van der Waals surface area contributed by atoms with Gasteiger partial charge in [-0.3, -0.25) is 0 Å². The molecule has 4 aromatic heterocycles. The molecular formula is C52H26N4S2. The van der Waals surface area contributed by atoms with Crippen molar-refractivity contribution in [2.45, 2.75) is 0 Å². The van der Waals surface area contributed by atoms with Crippen LogP contribution in [-0.2, 0) is 0 Å². The first-order valence-corrected chi connectivity index (χ1v) is 20.8. The molecule has 4 nitrogen and oxygen atoms in total. The number of rotatable bonds is 2. The summed E-state index contributed by atoms with van der Waals surface area (Å²) in [4.78, 5) is 0. The van der Waals surface area contributed by atoms with Gasteiger partial charge < -0.3 is 9.13 Å². The van der Waals surface area contributed by atoms with Crippen molar-refractivity contribution in [2.75, 3.05) is 0 Å². The number of fused-ring (bicyclic) bond motifs is 18. The number of aromatic nitrogens is 2. The van der Waals surface area contributed by atoms with Crippen LogP contribution in [0.4, 0.5) is 0 Å². The molecule has 0 fully saturated rings. The van der Waals surface area contributed by atoms with E-state index < -0.39 is 0 Å². The van der Waals surface area contributed by atoms with Crippen LogP contribution in [0.2, 0.25) is 0 Å². The van der Waals surface area contributed by atoms with Gasteiger partial charge in [-0.1, -0.05) is 121 Å². The number of hydrogen-bond donors (Lipinski definition) is 0. The average molecular weight is 771 g/mol. The maximum Gasteiger partial charge on any atom is 0.101 e.